The minimum Gasteiger partial charge on any atom is -0.497 e. The lowest BCUT2D eigenvalue weighted by Crippen LogP contribution is -2.58. The van der Waals surface area contributed by atoms with Crippen LogP contribution >= 0.6 is 0 Å². The van der Waals surface area contributed by atoms with Gasteiger partial charge in [0.1, 0.15) is 35.9 Å². The van der Waals surface area contributed by atoms with Gasteiger partial charge in [-0.2, -0.15) is 0 Å². The van der Waals surface area contributed by atoms with Crippen LogP contribution in [-0.4, -0.2) is 185 Å². The van der Waals surface area contributed by atoms with E-state index in [1.54, 1.807) is 40.4 Å². The van der Waals surface area contributed by atoms with Crippen LogP contribution in [0.5, 0.6) is 46.0 Å². The number of benzene rings is 4. The van der Waals surface area contributed by atoms with Crippen LogP contribution in [0.25, 0.3) is 21.8 Å². The number of piperidine rings is 2. The first-order valence-electron chi connectivity index (χ1n) is 31.0. The number of hydrogen-bond acceptors (Lipinski definition) is 22. The molecule has 24 heteroatoms. The zero-order valence-corrected chi connectivity index (χ0v) is 54.0. The molecule has 0 amide bonds. The largest absolute Gasteiger partial charge is 0.514 e. The maximum absolute atomic E-state index is 13.7. The number of nitrogens with one attached hydrogen (secondary N) is 2. The Balaban J connectivity index is 0.000000189. The maximum Gasteiger partial charge on any atom is 0.514 e. The second-order valence-electron chi connectivity index (χ2n) is 24.0. The zero-order valence-electron chi connectivity index (χ0n) is 54.0. The van der Waals surface area contributed by atoms with Crippen LogP contribution in [0.3, 0.4) is 0 Å². The number of H-pyrrole nitrogens is 2. The Hall–Kier alpha value is -8.45. The molecule has 4 fully saturated rings. The minimum absolute atomic E-state index is 0.0170. The molecule has 0 bridgehead atoms. The summed E-state index contributed by atoms with van der Waals surface area (Å²) in [5.41, 5.74) is 7.44. The summed E-state index contributed by atoms with van der Waals surface area (Å²) in [5.74, 6) is -0.393. The predicted octanol–water partition coefficient (Wildman–Crippen LogP) is 8.87. The van der Waals surface area contributed by atoms with Gasteiger partial charge in [-0.1, -0.05) is 0 Å². The van der Waals surface area contributed by atoms with E-state index >= 15 is 0 Å². The fourth-order valence-electron chi connectivity index (χ4n) is 15.7. The van der Waals surface area contributed by atoms with Crippen LogP contribution in [0.2, 0.25) is 0 Å². The van der Waals surface area contributed by atoms with Gasteiger partial charge in [0.25, 0.3) is 0 Å². The highest BCUT2D eigenvalue weighted by atomic mass is 16.7. The van der Waals surface area contributed by atoms with Crippen LogP contribution in [0.15, 0.2) is 60.7 Å². The van der Waals surface area contributed by atoms with Crippen LogP contribution in [-0.2, 0) is 55.6 Å². The van der Waals surface area contributed by atoms with Crippen molar-refractivity contribution in [1.82, 2.24) is 19.8 Å². The van der Waals surface area contributed by atoms with Gasteiger partial charge in [-0.25, -0.2) is 14.4 Å². The summed E-state index contributed by atoms with van der Waals surface area (Å²) in [6.45, 7) is 5.05. The maximum atomic E-state index is 13.7. The van der Waals surface area contributed by atoms with E-state index in [-0.39, 0.29) is 76.7 Å². The molecule has 0 unspecified atom stereocenters. The molecule has 12 atom stereocenters. The van der Waals surface area contributed by atoms with Crippen molar-refractivity contribution >= 4 is 51.8 Å². The predicted molar refractivity (Wildman–Crippen MR) is 332 cm³/mol. The van der Waals surface area contributed by atoms with Crippen LogP contribution in [0.4, 0.5) is 4.79 Å². The number of fused-ring (bicyclic) bond motifs is 12. The van der Waals surface area contributed by atoms with E-state index in [1.165, 1.54) is 102 Å². The van der Waals surface area contributed by atoms with Crippen molar-refractivity contribution in [3.8, 4) is 46.0 Å². The van der Waals surface area contributed by atoms with Gasteiger partial charge >= 0.3 is 30.0 Å². The van der Waals surface area contributed by atoms with E-state index in [0.29, 0.717) is 30.1 Å². The van der Waals surface area contributed by atoms with Crippen molar-refractivity contribution in [1.29, 1.82) is 0 Å². The average Bonchev–Trinajstić information content (AvgIpc) is 1.40. The summed E-state index contributed by atoms with van der Waals surface area (Å²) in [6.07, 6.45) is 0.621. The monoisotopic (exact) mass is 1270 g/mol. The molecule has 92 heavy (non-hydrogen) atoms. The Morgan fingerprint density at radius 1 is 0.500 bits per heavy atom. The number of aromatic nitrogens is 2. The molecule has 4 aromatic carbocycles. The van der Waals surface area contributed by atoms with E-state index in [2.05, 4.69) is 31.9 Å². The fourth-order valence-corrected chi connectivity index (χ4v) is 15.7. The van der Waals surface area contributed by atoms with Crippen LogP contribution in [0, 0.1) is 35.5 Å². The lowest BCUT2D eigenvalue weighted by Gasteiger charge is -2.52. The smallest absolute Gasteiger partial charge is 0.497 e. The van der Waals surface area contributed by atoms with Gasteiger partial charge in [-0.05, 0) is 129 Å². The summed E-state index contributed by atoms with van der Waals surface area (Å²) >= 11 is 0. The number of carbonyl (C=O) groups is 5. The third kappa shape index (κ3) is 12.2. The topological polar surface area (TPSA) is 262 Å². The molecule has 0 spiro atoms. The van der Waals surface area contributed by atoms with Gasteiger partial charge in [0.15, 0.2) is 23.0 Å². The van der Waals surface area contributed by atoms with Gasteiger partial charge in [0.2, 0.25) is 11.5 Å². The van der Waals surface area contributed by atoms with Crippen LogP contribution in [0.1, 0.15) is 87.9 Å². The summed E-state index contributed by atoms with van der Waals surface area (Å²) in [5, 5.41) is 2.40. The number of ether oxygens (including phenoxy) is 15. The molecule has 6 heterocycles. The summed E-state index contributed by atoms with van der Waals surface area (Å²) < 4.78 is 82.9. The molecule has 12 rings (SSSR count). The SMILES string of the molecule is CCOC(=O)Oc1c(OC)cc(C(=O)O[C@@H]2C[C@@H]3CN4CCc5c([nH]c6cc(OC)ccc56)[C@H]4C[C@@H]3[C@H](C(=O)OC)[C@H]2OC)cc1OC.COC(=O)[C@H]1[C@H]2C[C@@H]3c4[nH]c5cc(OC)ccc5c4CCN3C[C@H]2C[C@@H](OC(=O)c2cc(OC)c(OC)c(OC)c2)[C@@H]1OC. The highest BCUT2D eigenvalue weighted by Gasteiger charge is 2.56. The minimum atomic E-state index is -0.942. The molecule has 6 aliphatic rings. The van der Waals surface area contributed by atoms with Gasteiger partial charge in [-0.3, -0.25) is 19.4 Å². The normalized spacial score (nSPS) is 25.4. The quantitative estimate of drug-likeness (QED) is 0.0490. The van der Waals surface area contributed by atoms with Gasteiger partial charge < -0.3 is 81.0 Å². The van der Waals surface area contributed by atoms with Crippen molar-refractivity contribution in [3.05, 3.63) is 94.3 Å². The van der Waals surface area contributed by atoms with E-state index in [9.17, 15) is 24.0 Å². The van der Waals surface area contributed by atoms with Crippen LogP contribution < -0.4 is 37.9 Å². The lowest BCUT2D eigenvalue weighted by molar-refractivity contribution is -0.176. The van der Waals surface area contributed by atoms with Gasteiger partial charge in [0.05, 0.1) is 106 Å². The number of aromatic amines is 2. The van der Waals surface area contributed by atoms with E-state index < -0.39 is 60.3 Å². The van der Waals surface area contributed by atoms with Crippen molar-refractivity contribution < 1.29 is 95.0 Å². The van der Waals surface area contributed by atoms with Crippen molar-refractivity contribution in [2.75, 3.05) is 111 Å². The van der Waals surface area contributed by atoms with E-state index in [1.807, 2.05) is 24.3 Å². The summed E-state index contributed by atoms with van der Waals surface area (Å²) in [4.78, 5) is 78.5. The molecule has 494 valence electrons. The standard InChI is InChI=1S/C35H42N2O11.C33H40N2O9/c1-7-46-35(40)48-31-26(42-3)12-18(13-27(31)43-4)33(38)47-28-14-19-17-37-11-10-22-21-9-8-20(41-2)15-24(21)36-30(22)25(37)16-23(19)29(32(28)44-5)34(39)45-6;1-38-19-7-8-20-21-9-10-35-16-18-13-27(44-32(36)17-11-25(39-2)30(41-4)26(12-17)40-3)31(42-5)28(33(37)43-6)22(18)15-24(35)29(21)34-23(20)14-19/h8-9,12-13,15,19,23,25,28-29,32,36H,7,10-11,14,16-17H2,1-6H3;7-8,11-12,14,18,22,24,27-28,31,34H,9-10,13,15-16H2,1-6H3/t19-,23+,25-,28-,29+,32+;18-,22+,24-,27-,28+,31+/m11/s1. The molecule has 4 aliphatic heterocycles. The number of hydrogen-bond donors (Lipinski definition) is 2. The van der Waals surface area contributed by atoms with Crippen molar-refractivity contribution in [3.63, 3.8) is 0 Å². The number of methoxy groups -OCH3 is 11. The Morgan fingerprint density at radius 2 is 0.913 bits per heavy atom. The molecule has 6 aromatic rings. The summed E-state index contributed by atoms with van der Waals surface area (Å²) in [7, 11) is 16.4. The van der Waals surface area contributed by atoms with Gasteiger partial charge in [0, 0.05) is 85.7 Å². The molecule has 2 aromatic heterocycles. The van der Waals surface area contributed by atoms with E-state index in [4.69, 9.17) is 71.1 Å². The average molecular weight is 1280 g/mol. The number of carbonyl (C=O) groups excluding carboxylic acids is 5. The number of nitrogens with zero attached hydrogens (tertiary/aromatic N) is 2. The molecule has 2 saturated carbocycles. The first-order valence-corrected chi connectivity index (χ1v) is 31.0. The molecule has 2 aliphatic carbocycles. The molecular weight excluding hydrogens is 1190 g/mol. The Labute approximate surface area is 533 Å². The third-order valence-corrected chi connectivity index (χ3v) is 19.8. The molecule has 24 nitrogen and oxygen atoms in total. The van der Waals surface area contributed by atoms with Crippen molar-refractivity contribution in [2.24, 2.45) is 35.5 Å². The highest BCUT2D eigenvalue weighted by molar-refractivity contribution is 5.93. The molecule has 0 radical (unpaired) electrons. The number of rotatable bonds is 17. The number of esters is 4. The molecule has 2 N–H and O–H groups in total. The first kappa shape index (κ1) is 65.1. The van der Waals surface area contributed by atoms with E-state index in [0.717, 1.165) is 74.4 Å². The molecular formula is C68H82N4O20. The molecule has 2 saturated heterocycles. The Bertz CT molecular complexity index is 3660. The second-order valence-corrected chi connectivity index (χ2v) is 24.0. The Kier molecular flexibility index (Phi) is 19.7. The zero-order chi connectivity index (χ0) is 65.2. The first-order chi connectivity index (χ1) is 44.6. The summed E-state index contributed by atoms with van der Waals surface area (Å²) in [6, 6.07) is 18.4. The van der Waals surface area contributed by atoms with Crippen molar-refractivity contribution in [2.45, 2.75) is 81.9 Å². The lowest BCUT2D eigenvalue weighted by atomic mass is 9.63. The Morgan fingerprint density at radius 3 is 1.27 bits per heavy atom. The third-order valence-electron chi connectivity index (χ3n) is 19.8. The second kappa shape index (κ2) is 27.8. The highest BCUT2D eigenvalue weighted by Crippen LogP contribution is 2.53. The van der Waals surface area contributed by atoms with Gasteiger partial charge in [-0.15, -0.1) is 0 Å². The fraction of sp³-hybridized carbons (Fsp3) is 0.515.